The molecule has 0 atom stereocenters. The molecule has 5 heteroatoms. The van der Waals surface area contributed by atoms with Crippen molar-refractivity contribution in [1.82, 2.24) is 9.97 Å². The van der Waals surface area contributed by atoms with Crippen LogP contribution in [0.5, 0.6) is 0 Å². The number of nitrogens with one attached hydrogen (secondary N) is 1. The molecule has 0 aliphatic heterocycles. The highest BCUT2D eigenvalue weighted by atomic mass is 127. The van der Waals surface area contributed by atoms with Gasteiger partial charge in [-0.1, -0.05) is 18.2 Å². The number of aryl methyl sites for hydroxylation is 2. The molecule has 0 fully saturated rings. The smallest absolute Gasteiger partial charge is 0.143 e. The number of hydrogen-bond donors (Lipinski definition) is 1. The Balaban J connectivity index is 2.34. The van der Waals surface area contributed by atoms with Crippen molar-refractivity contribution < 1.29 is 4.74 Å². The number of halogens is 1. The van der Waals surface area contributed by atoms with Crippen molar-refractivity contribution in [3.8, 4) is 0 Å². The van der Waals surface area contributed by atoms with E-state index < -0.39 is 0 Å². The molecule has 21 heavy (non-hydrogen) atoms. The van der Waals surface area contributed by atoms with Crippen LogP contribution in [-0.2, 0) is 17.8 Å². The van der Waals surface area contributed by atoms with E-state index in [9.17, 15) is 0 Å². The summed E-state index contributed by atoms with van der Waals surface area (Å²) in [5.41, 5.74) is 4.75. The predicted octanol–water partition coefficient (Wildman–Crippen LogP) is 3.48. The molecule has 0 saturated carbocycles. The minimum Gasteiger partial charge on any atom is -0.378 e. The maximum atomic E-state index is 5.23. The molecule has 0 bridgehead atoms. The normalized spacial score (nSPS) is 10.7. The van der Waals surface area contributed by atoms with Crippen LogP contribution in [0.1, 0.15) is 28.2 Å². The Hall–Kier alpha value is -1.21. The van der Waals surface area contributed by atoms with Crippen molar-refractivity contribution >= 4 is 28.4 Å². The maximum absolute atomic E-state index is 5.23. The molecular formula is C16H20IN3O. The first-order valence-electron chi connectivity index (χ1n) is 6.83. The van der Waals surface area contributed by atoms with Crippen molar-refractivity contribution in [2.45, 2.75) is 26.9 Å². The summed E-state index contributed by atoms with van der Waals surface area (Å²) in [7, 11) is 3.56. The number of nitrogens with zero attached hydrogens (tertiary/aromatic N) is 2. The third-order valence-corrected chi connectivity index (χ3v) is 4.55. The number of anilines is 1. The fourth-order valence-corrected chi connectivity index (χ4v) is 2.78. The zero-order valence-corrected chi connectivity index (χ0v) is 15.0. The largest absolute Gasteiger partial charge is 0.378 e. The second-order valence-electron chi connectivity index (χ2n) is 5.03. The van der Waals surface area contributed by atoms with Gasteiger partial charge in [-0.2, -0.15) is 0 Å². The number of aromatic nitrogens is 2. The van der Waals surface area contributed by atoms with E-state index >= 15 is 0 Å². The fourth-order valence-electron chi connectivity index (χ4n) is 2.12. The maximum Gasteiger partial charge on any atom is 0.143 e. The Kier molecular flexibility index (Phi) is 5.52. The van der Waals surface area contributed by atoms with E-state index in [0.717, 1.165) is 27.3 Å². The second kappa shape index (κ2) is 7.17. The predicted molar refractivity (Wildman–Crippen MR) is 93.7 cm³/mol. The molecule has 0 spiro atoms. The van der Waals surface area contributed by atoms with Crippen LogP contribution in [0.2, 0.25) is 0 Å². The lowest BCUT2D eigenvalue weighted by molar-refractivity contribution is 0.180. The molecule has 0 aliphatic rings. The molecular weight excluding hydrogens is 377 g/mol. The molecule has 4 nitrogen and oxygen atoms in total. The van der Waals surface area contributed by atoms with Crippen molar-refractivity contribution in [3.05, 3.63) is 50.0 Å². The Morgan fingerprint density at radius 2 is 1.95 bits per heavy atom. The molecule has 0 amide bonds. The number of rotatable bonds is 5. The molecule has 1 aromatic carbocycles. The minimum absolute atomic E-state index is 0.495. The Bertz CT molecular complexity index is 644. The van der Waals surface area contributed by atoms with Gasteiger partial charge >= 0.3 is 0 Å². The van der Waals surface area contributed by atoms with Gasteiger partial charge in [0.1, 0.15) is 11.6 Å². The zero-order valence-electron chi connectivity index (χ0n) is 12.8. The first kappa shape index (κ1) is 16.2. The third kappa shape index (κ3) is 3.91. The summed E-state index contributed by atoms with van der Waals surface area (Å²) in [5.74, 6) is 1.67. The van der Waals surface area contributed by atoms with E-state index in [4.69, 9.17) is 4.74 Å². The van der Waals surface area contributed by atoms with Crippen LogP contribution in [0, 0.1) is 17.4 Å². The summed E-state index contributed by atoms with van der Waals surface area (Å²) < 4.78 is 6.24. The minimum atomic E-state index is 0.495. The van der Waals surface area contributed by atoms with Gasteiger partial charge in [0.05, 0.1) is 15.9 Å². The fraction of sp³-hybridized carbons (Fsp3) is 0.375. The third-order valence-electron chi connectivity index (χ3n) is 3.42. The second-order valence-corrected chi connectivity index (χ2v) is 6.11. The summed E-state index contributed by atoms with van der Waals surface area (Å²) in [6, 6.07) is 6.48. The number of methoxy groups -OCH3 is 1. The summed E-state index contributed by atoms with van der Waals surface area (Å²) in [6.45, 7) is 4.74. The van der Waals surface area contributed by atoms with Crippen LogP contribution < -0.4 is 5.32 Å². The van der Waals surface area contributed by atoms with E-state index in [1.165, 1.54) is 16.7 Å². The van der Waals surface area contributed by atoms with Gasteiger partial charge in [0.15, 0.2) is 0 Å². The number of ether oxygens (including phenoxy) is 1. The summed E-state index contributed by atoms with van der Waals surface area (Å²) in [4.78, 5) is 9.23. The van der Waals surface area contributed by atoms with Crippen LogP contribution >= 0.6 is 22.6 Å². The monoisotopic (exact) mass is 397 g/mol. The highest BCUT2D eigenvalue weighted by Gasteiger charge is 2.12. The van der Waals surface area contributed by atoms with Crippen molar-refractivity contribution in [3.63, 3.8) is 0 Å². The first-order chi connectivity index (χ1) is 10.0. The average molecular weight is 397 g/mol. The van der Waals surface area contributed by atoms with Gasteiger partial charge in [0.25, 0.3) is 0 Å². The molecule has 112 valence electrons. The van der Waals surface area contributed by atoms with E-state index in [-0.39, 0.29) is 0 Å². The van der Waals surface area contributed by atoms with Crippen LogP contribution in [0.25, 0.3) is 0 Å². The van der Waals surface area contributed by atoms with Gasteiger partial charge in [-0.05, 0) is 53.1 Å². The standard InChI is InChI=1S/C16H20IN3O/c1-10-5-6-12(7-11(10)2)8-14-19-13(9-21-4)15(17)16(18-3)20-14/h5-7H,8-9H2,1-4H3,(H,18,19,20). The van der Waals surface area contributed by atoms with Crippen molar-refractivity contribution in [2.24, 2.45) is 0 Å². The van der Waals surface area contributed by atoms with Gasteiger partial charge in [-0.25, -0.2) is 9.97 Å². The summed E-state index contributed by atoms with van der Waals surface area (Å²) in [5, 5.41) is 3.13. The lowest BCUT2D eigenvalue weighted by Crippen LogP contribution is -2.09. The molecule has 2 rings (SSSR count). The number of hydrogen-bond acceptors (Lipinski definition) is 4. The zero-order chi connectivity index (χ0) is 15.4. The van der Waals surface area contributed by atoms with Crippen LogP contribution in [0.3, 0.4) is 0 Å². The van der Waals surface area contributed by atoms with Gasteiger partial charge < -0.3 is 10.1 Å². The van der Waals surface area contributed by atoms with E-state index in [2.05, 4.69) is 69.9 Å². The van der Waals surface area contributed by atoms with Gasteiger partial charge in [0, 0.05) is 20.6 Å². The highest BCUT2D eigenvalue weighted by molar-refractivity contribution is 14.1. The average Bonchev–Trinajstić information content (AvgIpc) is 2.46. The van der Waals surface area contributed by atoms with E-state index in [1.807, 2.05) is 7.05 Å². The van der Waals surface area contributed by atoms with Gasteiger partial charge in [-0.3, -0.25) is 0 Å². The molecule has 0 unspecified atom stereocenters. The topological polar surface area (TPSA) is 47.0 Å². The van der Waals surface area contributed by atoms with Crippen molar-refractivity contribution in [2.75, 3.05) is 19.5 Å². The van der Waals surface area contributed by atoms with Crippen LogP contribution in [0.15, 0.2) is 18.2 Å². The Morgan fingerprint density at radius 1 is 1.19 bits per heavy atom. The summed E-state index contributed by atoms with van der Waals surface area (Å²) >= 11 is 2.25. The van der Waals surface area contributed by atoms with Crippen LogP contribution in [-0.4, -0.2) is 24.1 Å². The quantitative estimate of drug-likeness (QED) is 0.785. The lowest BCUT2D eigenvalue weighted by Gasteiger charge is -2.11. The van der Waals surface area contributed by atoms with E-state index in [0.29, 0.717) is 6.61 Å². The van der Waals surface area contributed by atoms with Gasteiger partial charge in [0.2, 0.25) is 0 Å². The highest BCUT2D eigenvalue weighted by Crippen LogP contribution is 2.21. The molecule has 2 aromatic rings. The molecule has 0 aliphatic carbocycles. The SMILES string of the molecule is CNc1nc(Cc2ccc(C)c(C)c2)nc(COC)c1I. The molecule has 1 N–H and O–H groups in total. The first-order valence-corrected chi connectivity index (χ1v) is 7.91. The molecule has 0 saturated heterocycles. The Morgan fingerprint density at radius 3 is 2.57 bits per heavy atom. The lowest BCUT2D eigenvalue weighted by atomic mass is 10.0. The Labute approximate surface area is 139 Å². The van der Waals surface area contributed by atoms with Gasteiger partial charge in [-0.15, -0.1) is 0 Å². The van der Waals surface area contributed by atoms with Crippen molar-refractivity contribution in [1.29, 1.82) is 0 Å². The number of benzene rings is 1. The molecule has 1 heterocycles. The summed E-state index contributed by atoms with van der Waals surface area (Å²) in [6.07, 6.45) is 0.726. The van der Waals surface area contributed by atoms with Crippen LogP contribution in [0.4, 0.5) is 5.82 Å². The molecule has 0 radical (unpaired) electrons. The van der Waals surface area contributed by atoms with E-state index in [1.54, 1.807) is 7.11 Å². The molecule has 1 aromatic heterocycles.